The fourth-order valence-electron chi connectivity index (χ4n) is 1.61. The third-order valence-electron chi connectivity index (χ3n) is 2.80. The first kappa shape index (κ1) is 13.5. The van der Waals surface area contributed by atoms with E-state index >= 15 is 0 Å². The fraction of sp³-hybridized carbons (Fsp3) is 0.250. The maximum absolute atomic E-state index is 12.0. The molecule has 2 aromatic heterocycles. The molecular formula is C12H13BrN4O2. The van der Waals surface area contributed by atoms with E-state index in [1.807, 2.05) is 0 Å². The second-order valence-electron chi connectivity index (χ2n) is 4.10. The number of pyridine rings is 1. The topological polar surface area (TPSA) is 79.8 Å². The van der Waals surface area contributed by atoms with Crippen molar-refractivity contribution < 1.29 is 4.79 Å². The fourth-order valence-corrected chi connectivity index (χ4v) is 1.94. The third-order valence-corrected chi connectivity index (χ3v) is 3.76. The molecule has 0 saturated heterocycles. The van der Waals surface area contributed by atoms with Crippen LogP contribution < -0.4 is 10.7 Å². The lowest BCUT2D eigenvalue weighted by atomic mass is 10.2. The molecule has 0 aliphatic rings. The van der Waals surface area contributed by atoms with Gasteiger partial charge in [0.2, 0.25) is 5.43 Å². The van der Waals surface area contributed by atoms with Crippen molar-refractivity contribution in [1.29, 1.82) is 0 Å². The molecule has 0 aliphatic carbocycles. The summed E-state index contributed by atoms with van der Waals surface area (Å²) in [6.45, 7) is 2.07. The van der Waals surface area contributed by atoms with Crippen LogP contribution in [0.25, 0.3) is 0 Å². The van der Waals surface area contributed by atoms with Crippen molar-refractivity contribution in [2.24, 2.45) is 7.05 Å². The summed E-state index contributed by atoms with van der Waals surface area (Å²) in [7, 11) is 1.79. The smallest absolute Gasteiger partial charge is 0.257 e. The Hall–Kier alpha value is -1.89. The van der Waals surface area contributed by atoms with Crippen LogP contribution in [0, 0.1) is 6.92 Å². The largest absolute Gasteiger partial charge is 0.363 e. The molecule has 2 N–H and O–H groups in total. The van der Waals surface area contributed by atoms with Crippen LogP contribution in [0.15, 0.2) is 27.7 Å². The van der Waals surface area contributed by atoms with Crippen molar-refractivity contribution in [1.82, 2.24) is 20.1 Å². The zero-order valence-corrected chi connectivity index (χ0v) is 12.1. The number of nitrogens with one attached hydrogen (secondary N) is 2. The van der Waals surface area contributed by atoms with Gasteiger partial charge in [0.25, 0.3) is 5.91 Å². The van der Waals surface area contributed by atoms with Gasteiger partial charge in [0.05, 0.1) is 16.7 Å². The molecule has 100 valence electrons. The number of carbonyl (C=O) groups is 1. The number of H-pyrrole nitrogens is 1. The average Bonchev–Trinajstić information content (AvgIpc) is 2.79. The Morgan fingerprint density at radius 2 is 2.32 bits per heavy atom. The van der Waals surface area contributed by atoms with Crippen LogP contribution in [0.4, 0.5) is 0 Å². The van der Waals surface area contributed by atoms with Crippen LogP contribution in [-0.4, -0.2) is 20.7 Å². The van der Waals surface area contributed by atoms with Gasteiger partial charge in [-0.1, -0.05) is 0 Å². The van der Waals surface area contributed by atoms with E-state index in [4.69, 9.17) is 0 Å². The van der Waals surface area contributed by atoms with Crippen molar-refractivity contribution in [2.75, 3.05) is 0 Å². The summed E-state index contributed by atoms with van der Waals surface area (Å²) in [6.07, 6.45) is 3.07. The predicted octanol–water partition coefficient (Wildman–Crippen LogP) is 1.11. The van der Waals surface area contributed by atoms with Crippen LogP contribution in [0.1, 0.15) is 21.7 Å². The predicted molar refractivity (Wildman–Crippen MR) is 73.9 cm³/mol. The number of nitrogens with zero attached hydrogens (tertiary/aromatic N) is 2. The van der Waals surface area contributed by atoms with Gasteiger partial charge < -0.3 is 10.3 Å². The number of aromatic nitrogens is 3. The van der Waals surface area contributed by atoms with Crippen molar-refractivity contribution in [3.8, 4) is 0 Å². The van der Waals surface area contributed by atoms with E-state index < -0.39 is 5.91 Å². The minimum atomic E-state index is -0.414. The Balaban J connectivity index is 2.15. The first-order valence-electron chi connectivity index (χ1n) is 5.63. The molecule has 6 nitrogen and oxygen atoms in total. The summed E-state index contributed by atoms with van der Waals surface area (Å²) in [4.78, 5) is 26.7. The number of rotatable bonds is 3. The van der Waals surface area contributed by atoms with Crippen LogP contribution in [0.5, 0.6) is 0 Å². The third kappa shape index (κ3) is 2.76. The SMILES string of the molecule is Cc1[nH]cc(C(=O)NCc2ccnn2C)c(=O)c1Br. The highest BCUT2D eigenvalue weighted by molar-refractivity contribution is 9.10. The monoisotopic (exact) mass is 324 g/mol. The average molecular weight is 325 g/mol. The molecule has 0 unspecified atom stereocenters. The van der Waals surface area contributed by atoms with E-state index in [1.165, 1.54) is 6.20 Å². The van der Waals surface area contributed by atoms with E-state index in [-0.39, 0.29) is 11.0 Å². The van der Waals surface area contributed by atoms with Crippen LogP contribution in [0.2, 0.25) is 0 Å². The van der Waals surface area contributed by atoms with Crippen LogP contribution >= 0.6 is 15.9 Å². The molecule has 1 amide bonds. The molecule has 2 heterocycles. The summed E-state index contributed by atoms with van der Waals surface area (Å²) in [5.74, 6) is -0.414. The molecule has 0 fully saturated rings. The highest BCUT2D eigenvalue weighted by Gasteiger charge is 2.14. The summed E-state index contributed by atoms with van der Waals surface area (Å²) in [5.41, 5.74) is 1.31. The van der Waals surface area contributed by atoms with Gasteiger partial charge in [-0.3, -0.25) is 14.3 Å². The van der Waals surface area contributed by atoms with E-state index in [2.05, 4.69) is 31.3 Å². The number of aromatic amines is 1. The molecule has 0 bridgehead atoms. The van der Waals surface area contributed by atoms with E-state index in [0.29, 0.717) is 16.7 Å². The maximum Gasteiger partial charge on any atom is 0.257 e. The van der Waals surface area contributed by atoms with Gasteiger partial charge in [-0.2, -0.15) is 5.10 Å². The minimum absolute atomic E-state index is 0.0830. The number of amides is 1. The van der Waals surface area contributed by atoms with Gasteiger partial charge in [0.1, 0.15) is 5.56 Å². The first-order chi connectivity index (χ1) is 9.00. The normalized spacial score (nSPS) is 10.5. The lowest BCUT2D eigenvalue weighted by molar-refractivity contribution is 0.0948. The Morgan fingerprint density at radius 1 is 1.58 bits per heavy atom. The molecule has 0 radical (unpaired) electrons. The maximum atomic E-state index is 12.0. The van der Waals surface area contributed by atoms with E-state index in [1.54, 1.807) is 30.9 Å². The van der Waals surface area contributed by atoms with E-state index in [9.17, 15) is 9.59 Å². The first-order valence-corrected chi connectivity index (χ1v) is 6.43. The van der Waals surface area contributed by atoms with Crippen LogP contribution in [0.3, 0.4) is 0 Å². The molecule has 0 saturated carbocycles. The van der Waals surface area contributed by atoms with Crippen LogP contribution in [-0.2, 0) is 13.6 Å². The molecule has 0 spiro atoms. The van der Waals surface area contributed by atoms with Gasteiger partial charge in [0, 0.05) is 25.1 Å². The summed E-state index contributed by atoms with van der Waals surface area (Å²) in [6, 6.07) is 1.80. The summed E-state index contributed by atoms with van der Waals surface area (Å²) < 4.78 is 2.04. The summed E-state index contributed by atoms with van der Waals surface area (Å²) >= 11 is 3.16. The van der Waals surface area contributed by atoms with Crippen molar-refractivity contribution in [2.45, 2.75) is 13.5 Å². The van der Waals surface area contributed by atoms with Gasteiger partial charge in [-0.25, -0.2) is 0 Å². The standard InChI is InChI=1S/C12H13BrN4O2/c1-7-10(13)11(18)9(6-14-7)12(19)15-5-8-3-4-16-17(8)2/h3-4,6H,5H2,1-2H3,(H,14,18)(H,15,19). The zero-order chi connectivity index (χ0) is 14.0. The van der Waals surface area contributed by atoms with Crippen molar-refractivity contribution in [3.63, 3.8) is 0 Å². The highest BCUT2D eigenvalue weighted by Crippen LogP contribution is 2.08. The van der Waals surface area contributed by atoms with Crippen molar-refractivity contribution in [3.05, 3.63) is 50.1 Å². The Bertz CT molecular complexity index is 675. The molecule has 0 aromatic carbocycles. The Labute approximate surface area is 118 Å². The summed E-state index contributed by atoms with van der Waals surface area (Å²) in [5, 5.41) is 6.69. The number of hydrogen-bond donors (Lipinski definition) is 2. The quantitative estimate of drug-likeness (QED) is 0.887. The second kappa shape index (κ2) is 5.40. The zero-order valence-electron chi connectivity index (χ0n) is 10.5. The lowest BCUT2D eigenvalue weighted by Crippen LogP contribution is -2.29. The highest BCUT2D eigenvalue weighted by atomic mass is 79.9. The van der Waals surface area contributed by atoms with Gasteiger partial charge in [-0.05, 0) is 28.9 Å². The Morgan fingerprint density at radius 3 is 2.95 bits per heavy atom. The molecule has 0 aliphatic heterocycles. The van der Waals surface area contributed by atoms with Gasteiger partial charge in [-0.15, -0.1) is 0 Å². The number of aryl methyl sites for hydroxylation is 2. The molecule has 2 rings (SSSR count). The number of carbonyl (C=O) groups excluding carboxylic acids is 1. The van der Waals surface area contributed by atoms with Crippen molar-refractivity contribution >= 4 is 21.8 Å². The minimum Gasteiger partial charge on any atom is -0.363 e. The molecule has 0 atom stereocenters. The number of hydrogen-bond acceptors (Lipinski definition) is 3. The number of halogens is 1. The van der Waals surface area contributed by atoms with Gasteiger partial charge >= 0.3 is 0 Å². The Kier molecular flexibility index (Phi) is 3.84. The van der Waals surface area contributed by atoms with Gasteiger partial charge in [0.15, 0.2) is 0 Å². The molecule has 19 heavy (non-hydrogen) atoms. The lowest BCUT2D eigenvalue weighted by Gasteiger charge is -2.06. The second-order valence-corrected chi connectivity index (χ2v) is 4.89. The molecular weight excluding hydrogens is 312 g/mol. The molecule has 7 heteroatoms. The van der Waals surface area contributed by atoms with E-state index in [0.717, 1.165) is 5.69 Å². The molecule has 2 aromatic rings.